The molecule has 1 unspecified atom stereocenters. The van der Waals surface area contributed by atoms with E-state index in [4.69, 9.17) is 0 Å². The van der Waals surface area contributed by atoms with E-state index in [9.17, 15) is 14.3 Å². The van der Waals surface area contributed by atoms with Crippen LogP contribution >= 0.6 is 15.9 Å². The summed E-state index contributed by atoms with van der Waals surface area (Å²) in [7, 11) is 0. The number of rotatable bonds is 3. The van der Waals surface area contributed by atoms with Crippen molar-refractivity contribution in [3.63, 3.8) is 0 Å². The Morgan fingerprint density at radius 1 is 1.08 bits per heavy atom. The van der Waals surface area contributed by atoms with Gasteiger partial charge in [-0.2, -0.15) is 0 Å². The first-order chi connectivity index (χ1) is 11.9. The second kappa shape index (κ2) is 6.58. The van der Waals surface area contributed by atoms with E-state index in [1.807, 2.05) is 0 Å². The Balaban J connectivity index is 1.52. The van der Waals surface area contributed by atoms with Crippen molar-refractivity contribution in [2.45, 2.75) is 70.3 Å². The monoisotopic (exact) mass is 414 g/mol. The summed E-state index contributed by atoms with van der Waals surface area (Å²) in [4.78, 5) is 12.5. The molecular weight excluding hydrogens is 383 g/mol. The SMILES string of the molecule is C[C@]12CC[C@H]3[C@@H](CC[C@@H]4C[C@](O)(CF)CC[C@@H]43)[C@@H]1CCC2C(=O)CBr. The van der Waals surface area contributed by atoms with E-state index < -0.39 is 12.3 Å². The van der Waals surface area contributed by atoms with Crippen LogP contribution in [-0.2, 0) is 4.79 Å². The van der Waals surface area contributed by atoms with Crippen molar-refractivity contribution >= 4 is 21.7 Å². The van der Waals surface area contributed by atoms with Crippen molar-refractivity contribution in [1.82, 2.24) is 0 Å². The molecule has 0 saturated heterocycles. The Bertz CT molecular complexity index is 540. The molecule has 0 aromatic carbocycles. The zero-order valence-electron chi connectivity index (χ0n) is 15.4. The Morgan fingerprint density at radius 3 is 2.56 bits per heavy atom. The molecular formula is C21H32BrFO2. The molecule has 4 fully saturated rings. The fourth-order valence-corrected chi connectivity index (χ4v) is 8.10. The van der Waals surface area contributed by atoms with Gasteiger partial charge in [-0.25, -0.2) is 4.39 Å². The molecule has 0 aromatic heterocycles. The van der Waals surface area contributed by atoms with Crippen molar-refractivity contribution < 1.29 is 14.3 Å². The summed E-state index contributed by atoms with van der Waals surface area (Å²) in [5.74, 6) is 4.05. The zero-order valence-corrected chi connectivity index (χ0v) is 16.9. The molecule has 0 bridgehead atoms. The maximum absolute atomic E-state index is 13.2. The molecule has 4 aliphatic rings. The van der Waals surface area contributed by atoms with Gasteiger partial charge >= 0.3 is 0 Å². The van der Waals surface area contributed by atoms with Crippen LogP contribution in [0.1, 0.15) is 64.7 Å². The van der Waals surface area contributed by atoms with Crippen LogP contribution in [0.15, 0.2) is 0 Å². The summed E-state index contributed by atoms with van der Waals surface area (Å²) in [6, 6.07) is 0. The van der Waals surface area contributed by atoms with Crippen LogP contribution in [0.2, 0.25) is 0 Å². The number of carbonyl (C=O) groups excluding carboxylic acids is 1. The van der Waals surface area contributed by atoms with Gasteiger partial charge in [0.1, 0.15) is 12.5 Å². The highest BCUT2D eigenvalue weighted by atomic mass is 79.9. The first-order valence-corrected chi connectivity index (χ1v) is 11.4. The van der Waals surface area contributed by atoms with Crippen LogP contribution in [0.3, 0.4) is 0 Å². The minimum atomic E-state index is -1.04. The summed E-state index contributed by atoms with van der Waals surface area (Å²) >= 11 is 3.39. The van der Waals surface area contributed by atoms with Gasteiger partial charge in [0.25, 0.3) is 0 Å². The van der Waals surface area contributed by atoms with Gasteiger partial charge < -0.3 is 5.11 Å². The second-order valence-corrected chi connectivity index (χ2v) is 10.4. The Labute approximate surface area is 159 Å². The summed E-state index contributed by atoms with van der Waals surface area (Å²) in [6.07, 6.45) is 9.39. The summed E-state index contributed by atoms with van der Waals surface area (Å²) in [5, 5.41) is 10.9. The molecule has 4 heteroatoms. The Morgan fingerprint density at radius 2 is 1.84 bits per heavy atom. The largest absolute Gasteiger partial charge is 0.387 e. The predicted molar refractivity (Wildman–Crippen MR) is 100 cm³/mol. The third kappa shape index (κ3) is 2.85. The number of aliphatic hydroxyl groups is 1. The van der Waals surface area contributed by atoms with E-state index in [-0.39, 0.29) is 11.3 Å². The average Bonchev–Trinajstić information content (AvgIpc) is 2.98. The molecule has 25 heavy (non-hydrogen) atoms. The Kier molecular flexibility index (Phi) is 4.84. The molecule has 4 aliphatic carbocycles. The van der Waals surface area contributed by atoms with Crippen LogP contribution in [-0.4, -0.2) is 28.5 Å². The van der Waals surface area contributed by atoms with E-state index in [1.165, 1.54) is 25.7 Å². The lowest BCUT2D eigenvalue weighted by molar-refractivity contribution is -0.131. The highest BCUT2D eigenvalue weighted by molar-refractivity contribution is 9.09. The number of Topliss-reactive ketones (excluding diaryl/α,β-unsaturated/α-hetero) is 1. The van der Waals surface area contributed by atoms with Gasteiger partial charge in [0, 0.05) is 5.92 Å². The van der Waals surface area contributed by atoms with Crippen LogP contribution in [0.5, 0.6) is 0 Å². The number of ketones is 1. The molecule has 0 amide bonds. The van der Waals surface area contributed by atoms with Crippen molar-refractivity contribution in [3.8, 4) is 0 Å². The highest BCUT2D eigenvalue weighted by Crippen LogP contribution is 2.64. The number of hydrogen-bond donors (Lipinski definition) is 1. The minimum absolute atomic E-state index is 0.202. The molecule has 0 aliphatic heterocycles. The van der Waals surface area contributed by atoms with Gasteiger partial charge in [0.05, 0.1) is 10.9 Å². The fraction of sp³-hybridized carbons (Fsp3) is 0.952. The Hall–Kier alpha value is 0.0400. The lowest BCUT2D eigenvalue weighted by Crippen LogP contribution is -2.52. The van der Waals surface area contributed by atoms with E-state index in [2.05, 4.69) is 22.9 Å². The first kappa shape index (κ1) is 18.4. The molecule has 4 saturated carbocycles. The van der Waals surface area contributed by atoms with Crippen molar-refractivity contribution in [1.29, 1.82) is 0 Å². The summed E-state index contributed by atoms with van der Waals surface area (Å²) in [5.41, 5.74) is -0.842. The molecule has 8 atom stereocenters. The second-order valence-electron chi connectivity index (χ2n) is 9.81. The molecule has 1 N–H and O–H groups in total. The smallest absolute Gasteiger partial charge is 0.147 e. The third-order valence-corrected chi connectivity index (χ3v) is 9.43. The van der Waals surface area contributed by atoms with Gasteiger partial charge in [-0.1, -0.05) is 22.9 Å². The number of hydrogen-bond acceptors (Lipinski definition) is 2. The zero-order chi connectivity index (χ0) is 17.8. The number of alkyl halides is 2. The van der Waals surface area contributed by atoms with Gasteiger partial charge in [-0.3, -0.25) is 4.79 Å². The normalized spacial score (nSPS) is 52.2. The maximum atomic E-state index is 13.2. The van der Waals surface area contributed by atoms with Crippen LogP contribution in [0.4, 0.5) is 4.39 Å². The quantitative estimate of drug-likeness (QED) is 0.665. The highest BCUT2D eigenvalue weighted by Gasteiger charge is 2.58. The molecule has 0 aromatic rings. The number of fused-ring (bicyclic) bond motifs is 5. The van der Waals surface area contributed by atoms with E-state index >= 15 is 0 Å². The number of carbonyl (C=O) groups is 1. The third-order valence-electron chi connectivity index (χ3n) is 8.87. The van der Waals surface area contributed by atoms with Gasteiger partial charge in [-0.15, -0.1) is 0 Å². The van der Waals surface area contributed by atoms with Crippen molar-refractivity contribution in [2.75, 3.05) is 12.0 Å². The minimum Gasteiger partial charge on any atom is -0.387 e. The molecule has 0 radical (unpaired) electrons. The van der Waals surface area contributed by atoms with Crippen LogP contribution in [0, 0.1) is 40.9 Å². The first-order valence-electron chi connectivity index (χ1n) is 10.3. The standard InChI is InChI=1S/C21H32BrFO2/c1-20-8-6-15-14-7-9-21(25,12-23)10-13(14)2-3-16(15)17(20)4-5-18(20)19(24)11-22/h13-18,25H,2-12H2,1H3/t13-,14+,15-,16-,17+,18?,20+,21+/m1/s1. The van der Waals surface area contributed by atoms with Gasteiger partial charge in [0.15, 0.2) is 0 Å². The summed E-state index contributed by atoms with van der Waals surface area (Å²) < 4.78 is 13.2. The molecule has 142 valence electrons. The predicted octanol–water partition coefficient (Wildman–Crippen LogP) is 4.92. The lowest BCUT2D eigenvalue weighted by Gasteiger charge is -2.56. The molecule has 0 heterocycles. The molecule has 4 rings (SSSR count). The average molecular weight is 415 g/mol. The van der Waals surface area contributed by atoms with Crippen molar-refractivity contribution in [3.05, 3.63) is 0 Å². The fourth-order valence-electron chi connectivity index (χ4n) is 7.71. The maximum Gasteiger partial charge on any atom is 0.147 e. The van der Waals surface area contributed by atoms with E-state index in [0.29, 0.717) is 41.7 Å². The van der Waals surface area contributed by atoms with Crippen molar-refractivity contribution in [2.24, 2.45) is 40.9 Å². The van der Waals surface area contributed by atoms with E-state index in [0.717, 1.165) is 31.1 Å². The van der Waals surface area contributed by atoms with Gasteiger partial charge in [0.2, 0.25) is 0 Å². The molecule has 2 nitrogen and oxygen atoms in total. The summed E-state index contributed by atoms with van der Waals surface area (Å²) in [6.45, 7) is 1.81. The van der Waals surface area contributed by atoms with Gasteiger partial charge in [-0.05, 0) is 92.8 Å². The number of halogens is 2. The van der Waals surface area contributed by atoms with Crippen LogP contribution < -0.4 is 0 Å². The molecule has 0 spiro atoms. The van der Waals surface area contributed by atoms with E-state index in [1.54, 1.807) is 0 Å². The van der Waals surface area contributed by atoms with Crippen LogP contribution in [0.25, 0.3) is 0 Å². The lowest BCUT2D eigenvalue weighted by atomic mass is 9.49. The topological polar surface area (TPSA) is 37.3 Å².